The van der Waals surface area contributed by atoms with Crippen LogP contribution < -0.4 is 14.8 Å². The maximum Gasteiger partial charge on any atom is 0.261 e. The second-order valence-electron chi connectivity index (χ2n) is 8.22. The van der Waals surface area contributed by atoms with Gasteiger partial charge in [-0.25, -0.2) is 0 Å². The molecule has 0 heterocycles. The number of aryl methyl sites for hydroxylation is 2. The normalized spacial score (nSPS) is 11.7. The Balaban J connectivity index is 2.14. The predicted molar refractivity (Wildman–Crippen MR) is 122 cm³/mol. The highest BCUT2D eigenvalue weighted by atomic mass is 16.5. The van der Waals surface area contributed by atoms with E-state index in [1.807, 2.05) is 70.2 Å². The number of nitrogens with zero attached hydrogens (tertiary/aromatic N) is 1. The van der Waals surface area contributed by atoms with Gasteiger partial charge in [-0.15, -0.1) is 0 Å². The van der Waals surface area contributed by atoms with Gasteiger partial charge in [0.25, 0.3) is 5.91 Å². The van der Waals surface area contributed by atoms with Crippen molar-refractivity contribution in [2.45, 2.75) is 47.2 Å². The molecule has 0 fully saturated rings. The Kier molecular flexibility index (Phi) is 8.91. The first kappa shape index (κ1) is 24.3. The van der Waals surface area contributed by atoms with Crippen LogP contribution in [0.25, 0.3) is 0 Å². The van der Waals surface area contributed by atoms with E-state index in [1.165, 1.54) is 0 Å². The third-order valence-electron chi connectivity index (χ3n) is 5.20. The molecule has 0 unspecified atom stereocenters. The molecular weight excluding hydrogens is 392 g/mol. The highest BCUT2D eigenvalue weighted by molar-refractivity contribution is 5.88. The van der Waals surface area contributed by atoms with Gasteiger partial charge in [0.2, 0.25) is 5.91 Å². The molecule has 168 valence electrons. The van der Waals surface area contributed by atoms with Gasteiger partial charge in [-0.2, -0.15) is 0 Å². The third-order valence-corrected chi connectivity index (χ3v) is 5.20. The molecule has 1 N–H and O–H groups in total. The van der Waals surface area contributed by atoms with Crippen molar-refractivity contribution in [2.24, 2.45) is 5.92 Å². The summed E-state index contributed by atoms with van der Waals surface area (Å²) in [5.74, 6) is 1.28. The lowest BCUT2D eigenvalue weighted by atomic mass is 10.1. The Labute approximate surface area is 185 Å². The third kappa shape index (κ3) is 7.31. The molecule has 0 aromatic heterocycles. The number of carbonyl (C=O) groups excluding carboxylic acids is 2. The molecule has 0 saturated carbocycles. The van der Waals surface area contributed by atoms with Crippen molar-refractivity contribution in [1.82, 2.24) is 10.2 Å². The number of nitrogens with one attached hydrogen (secondary N) is 1. The average molecular weight is 427 g/mol. The number of ether oxygens (including phenoxy) is 2. The van der Waals surface area contributed by atoms with E-state index in [-0.39, 0.29) is 18.4 Å². The highest BCUT2D eigenvalue weighted by Crippen LogP contribution is 2.18. The first-order chi connectivity index (χ1) is 14.7. The van der Waals surface area contributed by atoms with E-state index < -0.39 is 6.04 Å². The summed E-state index contributed by atoms with van der Waals surface area (Å²) in [5.41, 5.74) is 3.17. The Morgan fingerprint density at radius 2 is 1.61 bits per heavy atom. The summed E-state index contributed by atoms with van der Waals surface area (Å²) in [6, 6.07) is 12.6. The molecule has 31 heavy (non-hydrogen) atoms. The lowest BCUT2D eigenvalue weighted by Crippen LogP contribution is -2.49. The lowest BCUT2D eigenvalue weighted by Gasteiger charge is -2.29. The van der Waals surface area contributed by atoms with E-state index >= 15 is 0 Å². The molecule has 0 aliphatic heterocycles. The summed E-state index contributed by atoms with van der Waals surface area (Å²) in [4.78, 5) is 27.3. The van der Waals surface area contributed by atoms with Crippen LogP contribution in [-0.4, -0.2) is 43.0 Å². The smallest absolute Gasteiger partial charge is 0.261 e. The summed E-state index contributed by atoms with van der Waals surface area (Å²) in [6.07, 6.45) is 0. The second kappa shape index (κ2) is 11.4. The van der Waals surface area contributed by atoms with Gasteiger partial charge in [-0.05, 0) is 67.6 Å². The van der Waals surface area contributed by atoms with Gasteiger partial charge in [0.15, 0.2) is 6.61 Å². The summed E-state index contributed by atoms with van der Waals surface area (Å²) in [7, 11) is 1.61. The fourth-order valence-electron chi connectivity index (χ4n) is 2.99. The van der Waals surface area contributed by atoms with Crippen molar-refractivity contribution in [1.29, 1.82) is 0 Å². The summed E-state index contributed by atoms with van der Waals surface area (Å²) < 4.78 is 10.9. The number of benzene rings is 2. The first-order valence-electron chi connectivity index (χ1n) is 10.6. The molecule has 2 amide bonds. The largest absolute Gasteiger partial charge is 0.497 e. The van der Waals surface area contributed by atoms with Crippen molar-refractivity contribution in [2.75, 3.05) is 20.3 Å². The number of rotatable bonds is 10. The summed E-state index contributed by atoms with van der Waals surface area (Å²) in [5, 5.41) is 2.92. The van der Waals surface area contributed by atoms with E-state index in [0.29, 0.717) is 24.8 Å². The minimum atomic E-state index is -0.628. The first-order valence-corrected chi connectivity index (χ1v) is 10.6. The van der Waals surface area contributed by atoms with Crippen LogP contribution in [0.3, 0.4) is 0 Å². The van der Waals surface area contributed by atoms with Crippen molar-refractivity contribution in [3.63, 3.8) is 0 Å². The number of hydrogen-bond acceptors (Lipinski definition) is 4. The van der Waals surface area contributed by atoms with Gasteiger partial charge in [-0.3, -0.25) is 9.59 Å². The maximum atomic E-state index is 13.1. The minimum absolute atomic E-state index is 0.138. The van der Waals surface area contributed by atoms with E-state index in [9.17, 15) is 9.59 Å². The molecule has 0 aliphatic carbocycles. The van der Waals surface area contributed by atoms with Gasteiger partial charge < -0.3 is 19.7 Å². The van der Waals surface area contributed by atoms with E-state index in [1.54, 1.807) is 18.9 Å². The monoisotopic (exact) mass is 426 g/mol. The molecule has 2 aromatic rings. The zero-order valence-corrected chi connectivity index (χ0v) is 19.4. The van der Waals surface area contributed by atoms with E-state index in [4.69, 9.17) is 9.47 Å². The van der Waals surface area contributed by atoms with Gasteiger partial charge in [0.05, 0.1) is 7.11 Å². The Bertz CT molecular complexity index is 878. The fraction of sp³-hybridized carbons (Fsp3) is 0.440. The molecule has 6 nitrogen and oxygen atoms in total. The number of hydrogen-bond donors (Lipinski definition) is 1. The van der Waals surface area contributed by atoms with Crippen molar-refractivity contribution < 1.29 is 19.1 Å². The van der Waals surface area contributed by atoms with Crippen LogP contribution in [0.5, 0.6) is 11.5 Å². The van der Waals surface area contributed by atoms with Crippen LogP contribution in [0.4, 0.5) is 0 Å². The van der Waals surface area contributed by atoms with Crippen molar-refractivity contribution >= 4 is 11.8 Å². The van der Waals surface area contributed by atoms with E-state index in [2.05, 4.69) is 5.32 Å². The van der Waals surface area contributed by atoms with Crippen LogP contribution in [0.15, 0.2) is 42.5 Å². The van der Waals surface area contributed by atoms with Crippen LogP contribution in [-0.2, 0) is 16.1 Å². The van der Waals surface area contributed by atoms with Crippen LogP contribution in [0, 0.1) is 19.8 Å². The Hall–Kier alpha value is -3.02. The molecule has 2 rings (SSSR count). The molecule has 0 spiro atoms. The number of carbonyl (C=O) groups is 2. The van der Waals surface area contributed by atoms with Crippen LogP contribution in [0.1, 0.15) is 37.5 Å². The molecule has 0 radical (unpaired) electrons. The lowest BCUT2D eigenvalue weighted by molar-refractivity contribution is -0.142. The molecule has 0 saturated heterocycles. The molecule has 2 aromatic carbocycles. The van der Waals surface area contributed by atoms with Gasteiger partial charge >= 0.3 is 0 Å². The zero-order valence-electron chi connectivity index (χ0n) is 19.4. The van der Waals surface area contributed by atoms with Crippen molar-refractivity contribution in [3.05, 3.63) is 59.2 Å². The fourth-order valence-corrected chi connectivity index (χ4v) is 2.99. The number of amides is 2. The van der Waals surface area contributed by atoms with Crippen LogP contribution in [0.2, 0.25) is 0 Å². The summed E-state index contributed by atoms with van der Waals surface area (Å²) in [6.45, 7) is 10.6. The quantitative estimate of drug-likeness (QED) is 0.626. The molecule has 0 aliphatic rings. The average Bonchev–Trinajstić information content (AvgIpc) is 2.76. The second-order valence-corrected chi connectivity index (χ2v) is 8.22. The number of methoxy groups -OCH3 is 1. The van der Waals surface area contributed by atoms with Crippen molar-refractivity contribution in [3.8, 4) is 11.5 Å². The zero-order chi connectivity index (χ0) is 23.0. The molecule has 6 heteroatoms. The highest BCUT2D eigenvalue weighted by Gasteiger charge is 2.26. The molecule has 1 atom stereocenters. The van der Waals surface area contributed by atoms with Gasteiger partial charge in [0, 0.05) is 13.1 Å². The SMILES string of the molecule is COc1ccc(CN(C(=O)COc2ccc(C)c(C)c2)[C@H](C)C(=O)NCC(C)C)cc1. The predicted octanol–water partition coefficient (Wildman–Crippen LogP) is 3.88. The van der Waals surface area contributed by atoms with E-state index in [0.717, 1.165) is 22.4 Å². The topological polar surface area (TPSA) is 67.9 Å². The minimum Gasteiger partial charge on any atom is -0.497 e. The van der Waals surface area contributed by atoms with Gasteiger partial charge in [0.1, 0.15) is 17.5 Å². The molecule has 0 bridgehead atoms. The standard InChI is InChI=1S/C25H34N2O4/c1-17(2)14-26-25(29)20(5)27(15-21-8-11-22(30-6)12-9-21)24(28)16-31-23-10-7-18(3)19(4)13-23/h7-13,17,20H,14-16H2,1-6H3,(H,26,29)/t20-/m1/s1. The maximum absolute atomic E-state index is 13.1. The Morgan fingerprint density at radius 3 is 2.19 bits per heavy atom. The molecular formula is C25H34N2O4. The van der Waals surface area contributed by atoms with Crippen LogP contribution >= 0.6 is 0 Å². The summed E-state index contributed by atoms with van der Waals surface area (Å²) >= 11 is 0. The van der Waals surface area contributed by atoms with Gasteiger partial charge in [-0.1, -0.05) is 32.0 Å². The Morgan fingerprint density at radius 1 is 0.968 bits per heavy atom.